The highest BCUT2D eigenvalue weighted by Gasteiger charge is 2.17. The number of aromatic nitrogens is 3. The molecule has 1 aromatic rings. The summed E-state index contributed by atoms with van der Waals surface area (Å²) in [6.07, 6.45) is 0. The Morgan fingerprint density at radius 2 is 2.08 bits per heavy atom. The summed E-state index contributed by atoms with van der Waals surface area (Å²) in [5.74, 6) is 0.573. The molecule has 0 aliphatic carbocycles. The summed E-state index contributed by atoms with van der Waals surface area (Å²) < 4.78 is 0. The molecule has 13 heavy (non-hydrogen) atoms. The van der Waals surface area contributed by atoms with E-state index in [2.05, 4.69) is 20.5 Å². The first-order valence-corrected chi connectivity index (χ1v) is 4.10. The Labute approximate surface area is 76.9 Å². The minimum absolute atomic E-state index is 0.187. The van der Waals surface area contributed by atoms with Crippen molar-refractivity contribution < 1.29 is 4.79 Å². The highest BCUT2D eigenvalue weighted by atomic mass is 16.2. The number of rotatable bonds is 1. The number of carbonyl (C=O) groups is 1. The lowest BCUT2D eigenvalue weighted by Crippen LogP contribution is -2.41. The first-order chi connectivity index (χ1) is 5.88. The second-order valence-electron chi connectivity index (χ2n) is 3.95. The Balaban J connectivity index is 2.70. The maximum absolute atomic E-state index is 11.4. The number of nitrogens with zero attached hydrogens (tertiary/aromatic N) is 2. The number of hydrogen-bond donors (Lipinski definition) is 2. The summed E-state index contributed by atoms with van der Waals surface area (Å²) in [6, 6.07) is 0. The van der Waals surface area contributed by atoms with Crippen LogP contribution in [0.2, 0.25) is 0 Å². The van der Waals surface area contributed by atoms with Crippen LogP contribution >= 0.6 is 0 Å². The van der Waals surface area contributed by atoms with Gasteiger partial charge in [-0.3, -0.25) is 9.89 Å². The van der Waals surface area contributed by atoms with E-state index >= 15 is 0 Å². The van der Waals surface area contributed by atoms with Gasteiger partial charge >= 0.3 is 0 Å². The molecule has 72 valence electrons. The second-order valence-corrected chi connectivity index (χ2v) is 3.95. The average molecular weight is 182 g/mol. The van der Waals surface area contributed by atoms with Gasteiger partial charge in [-0.1, -0.05) is 0 Å². The standard InChI is InChI=1S/C8H14N4O/c1-5-9-6(12-11-5)7(13)10-8(2,3)4/h1-4H3,(H,10,13)(H,9,11,12). The molecule has 0 saturated heterocycles. The summed E-state index contributed by atoms with van der Waals surface area (Å²) in [5.41, 5.74) is -0.258. The molecule has 0 bridgehead atoms. The molecule has 1 heterocycles. The van der Waals surface area contributed by atoms with Gasteiger partial charge in [-0.25, -0.2) is 4.98 Å². The lowest BCUT2D eigenvalue weighted by Gasteiger charge is -2.18. The summed E-state index contributed by atoms with van der Waals surface area (Å²) in [5, 5.41) is 9.13. The second kappa shape index (κ2) is 3.16. The zero-order chi connectivity index (χ0) is 10.1. The van der Waals surface area contributed by atoms with E-state index in [0.29, 0.717) is 5.82 Å². The van der Waals surface area contributed by atoms with Crippen molar-refractivity contribution in [3.05, 3.63) is 11.6 Å². The van der Waals surface area contributed by atoms with E-state index in [1.807, 2.05) is 20.8 Å². The molecule has 0 aromatic carbocycles. The molecule has 2 N–H and O–H groups in total. The highest BCUT2D eigenvalue weighted by molar-refractivity contribution is 5.90. The lowest BCUT2D eigenvalue weighted by molar-refractivity contribution is 0.0909. The first kappa shape index (κ1) is 9.70. The van der Waals surface area contributed by atoms with Crippen molar-refractivity contribution in [3.63, 3.8) is 0 Å². The minimum Gasteiger partial charge on any atom is -0.345 e. The van der Waals surface area contributed by atoms with Crippen LogP contribution in [-0.2, 0) is 0 Å². The fraction of sp³-hybridized carbons (Fsp3) is 0.625. The van der Waals surface area contributed by atoms with Crippen molar-refractivity contribution in [3.8, 4) is 0 Å². The maximum Gasteiger partial charge on any atom is 0.291 e. The number of aromatic amines is 1. The molecule has 1 aromatic heterocycles. The smallest absolute Gasteiger partial charge is 0.291 e. The van der Waals surface area contributed by atoms with Gasteiger partial charge < -0.3 is 5.32 Å². The topological polar surface area (TPSA) is 70.7 Å². The van der Waals surface area contributed by atoms with Crippen LogP contribution in [0, 0.1) is 6.92 Å². The van der Waals surface area contributed by atoms with Crippen molar-refractivity contribution in [2.24, 2.45) is 0 Å². The van der Waals surface area contributed by atoms with Crippen LogP contribution in [0.5, 0.6) is 0 Å². The molecule has 0 spiro atoms. The van der Waals surface area contributed by atoms with Gasteiger partial charge in [0.1, 0.15) is 5.82 Å². The largest absolute Gasteiger partial charge is 0.345 e. The van der Waals surface area contributed by atoms with Crippen molar-refractivity contribution >= 4 is 5.91 Å². The SMILES string of the molecule is Cc1nc(C(=O)NC(C)(C)C)n[nH]1. The van der Waals surface area contributed by atoms with E-state index in [1.165, 1.54) is 0 Å². The molecule has 0 aliphatic rings. The molecule has 0 saturated carbocycles. The zero-order valence-corrected chi connectivity index (χ0v) is 8.30. The normalized spacial score (nSPS) is 11.4. The van der Waals surface area contributed by atoms with Gasteiger partial charge in [0.2, 0.25) is 5.82 Å². The van der Waals surface area contributed by atoms with Gasteiger partial charge in [-0.2, -0.15) is 0 Å². The molecule has 5 heteroatoms. The van der Waals surface area contributed by atoms with Crippen LogP contribution in [0.1, 0.15) is 37.2 Å². The van der Waals surface area contributed by atoms with Gasteiger partial charge in [0.15, 0.2) is 0 Å². The van der Waals surface area contributed by atoms with Gasteiger partial charge in [-0.15, -0.1) is 5.10 Å². The van der Waals surface area contributed by atoms with Crippen molar-refractivity contribution in [1.29, 1.82) is 0 Å². The number of amides is 1. The first-order valence-electron chi connectivity index (χ1n) is 4.10. The van der Waals surface area contributed by atoms with Crippen LogP contribution < -0.4 is 5.32 Å². The Bertz CT molecular complexity index is 310. The van der Waals surface area contributed by atoms with Crippen molar-refractivity contribution in [1.82, 2.24) is 20.5 Å². The Morgan fingerprint density at radius 1 is 1.46 bits per heavy atom. The van der Waals surface area contributed by atoms with E-state index in [9.17, 15) is 4.79 Å². The predicted molar refractivity (Wildman–Crippen MR) is 48.3 cm³/mol. The number of nitrogens with one attached hydrogen (secondary N) is 2. The van der Waals surface area contributed by atoms with Crippen LogP contribution in [-0.4, -0.2) is 26.6 Å². The van der Waals surface area contributed by atoms with E-state index in [0.717, 1.165) is 0 Å². The van der Waals surface area contributed by atoms with Gasteiger partial charge in [0.25, 0.3) is 5.91 Å². The molecule has 5 nitrogen and oxygen atoms in total. The summed E-state index contributed by atoms with van der Waals surface area (Å²) in [4.78, 5) is 15.3. The molecular weight excluding hydrogens is 168 g/mol. The Morgan fingerprint density at radius 3 is 2.46 bits per heavy atom. The van der Waals surface area contributed by atoms with Crippen LogP contribution in [0.4, 0.5) is 0 Å². The van der Waals surface area contributed by atoms with Gasteiger partial charge in [-0.05, 0) is 27.7 Å². The number of H-pyrrole nitrogens is 1. The molecule has 0 unspecified atom stereocenters. The molecule has 0 radical (unpaired) electrons. The average Bonchev–Trinajstić information content (AvgIpc) is 2.31. The molecule has 1 amide bonds. The van der Waals surface area contributed by atoms with E-state index in [1.54, 1.807) is 6.92 Å². The zero-order valence-electron chi connectivity index (χ0n) is 8.30. The lowest BCUT2D eigenvalue weighted by atomic mass is 10.1. The Hall–Kier alpha value is -1.39. The monoisotopic (exact) mass is 182 g/mol. The Kier molecular flexibility index (Phi) is 2.36. The van der Waals surface area contributed by atoms with Crippen LogP contribution in [0.15, 0.2) is 0 Å². The molecule has 0 aliphatic heterocycles. The summed E-state index contributed by atoms with van der Waals surface area (Å²) in [6.45, 7) is 7.47. The highest BCUT2D eigenvalue weighted by Crippen LogP contribution is 2.00. The van der Waals surface area contributed by atoms with Crippen molar-refractivity contribution in [2.75, 3.05) is 0 Å². The molecule has 0 fully saturated rings. The quantitative estimate of drug-likeness (QED) is 0.669. The summed E-state index contributed by atoms with van der Waals surface area (Å²) >= 11 is 0. The van der Waals surface area contributed by atoms with Gasteiger partial charge in [0.05, 0.1) is 0 Å². The number of aryl methyl sites for hydroxylation is 1. The molecular formula is C8H14N4O. The number of hydrogen-bond acceptors (Lipinski definition) is 3. The van der Waals surface area contributed by atoms with Crippen LogP contribution in [0.25, 0.3) is 0 Å². The predicted octanol–water partition coefficient (Wildman–Crippen LogP) is 0.641. The third-order valence-corrected chi connectivity index (χ3v) is 1.29. The van der Waals surface area contributed by atoms with E-state index in [4.69, 9.17) is 0 Å². The van der Waals surface area contributed by atoms with Gasteiger partial charge in [0, 0.05) is 5.54 Å². The van der Waals surface area contributed by atoms with Crippen LogP contribution in [0.3, 0.4) is 0 Å². The fourth-order valence-electron chi connectivity index (χ4n) is 0.841. The maximum atomic E-state index is 11.4. The van der Waals surface area contributed by atoms with Crippen molar-refractivity contribution in [2.45, 2.75) is 33.2 Å². The summed E-state index contributed by atoms with van der Waals surface area (Å²) in [7, 11) is 0. The third kappa shape index (κ3) is 2.85. The van der Waals surface area contributed by atoms with E-state index < -0.39 is 0 Å². The minimum atomic E-state index is -0.258. The fourth-order valence-corrected chi connectivity index (χ4v) is 0.841. The number of carbonyl (C=O) groups excluding carboxylic acids is 1. The molecule has 1 rings (SSSR count). The third-order valence-electron chi connectivity index (χ3n) is 1.29. The molecule has 0 atom stereocenters. The van der Waals surface area contributed by atoms with E-state index in [-0.39, 0.29) is 17.3 Å².